The minimum atomic E-state index is -0.531. The first kappa shape index (κ1) is 19.4. The van der Waals surface area contributed by atoms with E-state index in [0.717, 1.165) is 5.69 Å². The summed E-state index contributed by atoms with van der Waals surface area (Å²) < 4.78 is 10.7. The third kappa shape index (κ3) is 6.85. The topological polar surface area (TPSA) is 59.6 Å². The molecule has 1 amide bonds. The highest BCUT2D eigenvalue weighted by Gasteiger charge is 2.18. The highest BCUT2D eigenvalue weighted by molar-refractivity contribution is 5.87. The largest absolute Gasteiger partial charge is 0.494 e. The summed E-state index contributed by atoms with van der Waals surface area (Å²) in [6, 6.07) is 6.28. The molecule has 5 nitrogen and oxygen atoms in total. The lowest BCUT2D eigenvalue weighted by molar-refractivity contribution is 0.0635. The van der Waals surface area contributed by atoms with Gasteiger partial charge in [-0.1, -0.05) is 32.1 Å². The third-order valence-electron chi connectivity index (χ3n) is 4.31. The van der Waals surface area contributed by atoms with Crippen molar-refractivity contribution in [2.45, 2.75) is 77.4 Å². The van der Waals surface area contributed by atoms with E-state index in [1.807, 2.05) is 39.0 Å². The maximum Gasteiger partial charge on any atom is 0.412 e. The monoisotopic (exact) mass is 348 g/mol. The number of benzene rings is 1. The fraction of sp³-hybridized carbons (Fsp3) is 0.650. The maximum atomic E-state index is 12.0. The van der Waals surface area contributed by atoms with Gasteiger partial charge in [0.1, 0.15) is 11.4 Å². The maximum absolute atomic E-state index is 12.0. The summed E-state index contributed by atoms with van der Waals surface area (Å²) in [5.74, 6) is 0.627. The minimum absolute atomic E-state index is 0.480. The zero-order valence-corrected chi connectivity index (χ0v) is 16.0. The quantitative estimate of drug-likeness (QED) is 0.747. The molecule has 25 heavy (non-hydrogen) atoms. The number of nitrogens with one attached hydrogen (secondary N) is 2. The van der Waals surface area contributed by atoms with Crippen LogP contribution in [-0.4, -0.2) is 24.8 Å². The molecule has 1 saturated carbocycles. The van der Waals surface area contributed by atoms with Crippen molar-refractivity contribution < 1.29 is 14.3 Å². The standard InChI is InChI=1S/C20H32N2O3/c1-20(2,3)25-19(23)22-17-13-12-16(14-18(17)24-4)21-15-10-8-6-5-7-9-11-15/h12-15,21H,5-11H2,1-4H3,(H,22,23). The second-order valence-electron chi connectivity index (χ2n) is 7.73. The SMILES string of the molecule is COc1cc(NC2CCCCCCC2)ccc1NC(=O)OC(C)(C)C. The Morgan fingerprint density at radius 3 is 2.32 bits per heavy atom. The normalized spacial score (nSPS) is 16.5. The molecule has 2 N–H and O–H groups in total. The van der Waals surface area contributed by atoms with Gasteiger partial charge in [0.15, 0.2) is 0 Å². The molecule has 0 aromatic heterocycles. The molecule has 0 bridgehead atoms. The van der Waals surface area contributed by atoms with E-state index >= 15 is 0 Å². The molecule has 140 valence electrons. The van der Waals surface area contributed by atoms with E-state index in [4.69, 9.17) is 9.47 Å². The Balaban J connectivity index is 2.01. The summed E-state index contributed by atoms with van der Waals surface area (Å²) in [6.07, 6.45) is 8.54. The molecule has 1 aromatic carbocycles. The first-order valence-electron chi connectivity index (χ1n) is 9.32. The summed E-state index contributed by atoms with van der Waals surface area (Å²) in [5, 5.41) is 6.37. The van der Waals surface area contributed by atoms with Crippen molar-refractivity contribution >= 4 is 17.5 Å². The molecule has 1 aliphatic rings. The molecule has 1 aliphatic carbocycles. The van der Waals surface area contributed by atoms with Gasteiger partial charge in [0.2, 0.25) is 0 Å². The van der Waals surface area contributed by atoms with Crippen LogP contribution in [0.25, 0.3) is 0 Å². The molecule has 1 fully saturated rings. The number of methoxy groups -OCH3 is 1. The Bertz CT molecular complexity index is 559. The Kier molecular flexibility index (Phi) is 6.97. The number of ether oxygens (including phenoxy) is 2. The van der Waals surface area contributed by atoms with E-state index in [2.05, 4.69) is 10.6 Å². The van der Waals surface area contributed by atoms with Crippen LogP contribution in [0.4, 0.5) is 16.2 Å². The lowest BCUT2D eigenvalue weighted by atomic mass is 9.96. The van der Waals surface area contributed by atoms with Crippen LogP contribution in [0.2, 0.25) is 0 Å². The number of hydrogen-bond acceptors (Lipinski definition) is 4. The zero-order valence-electron chi connectivity index (χ0n) is 16.0. The van der Waals surface area contributed by atoms with E-state index in [1.54, 1.807) is 7.11 Å². The van der Waals surface area contributed by atoms with Gasteiger partial charge in [-0.25, -0.2) is 4.79 Å². The Morgan fingerprint density at radius 2 is 1.72 bits per heavy atom. The lowest BCUT2D eigenvalue weighted by Crippen LogP contribution is -2.27. The second kappa shape index (κ2) is 8.97. The van der Waals surface area contributed by atoms with Crippen molar-refractivity contribution in [2.24, 2.45) is 0 Å². The zero-order chi connectivity index (χ0) is 18.3. The van der Waals surface area contributed by atoms with Gasteiger partial charge < -0.3 is 14.8 Å². The molecule has 0 aliphatic heterocycles. The van der Waals surface area contributed by atoms with Gasteiger partial charge in [-0.15, -0.1) is 0 Å². The van der Waals surface area contributed by atoms with Crippen LogP contribution < -0.4 is 15.4 Å². The molecule has 0 atom stereocenters. The average molecular weight is 348 g/mol. The van der Waals surface area contributed by atoms with Crippen molar-refractivity contribution in [2.75, 3.05) is 17.7 Å². The van der Waals surface area contributed by atoms with Crippen LogP contribution in [-0.2, 0) is 4.74 Å². The van der Waals surface area contributed by atoms with Crippen LogP contribution in [0, 0.1) is 0 Å². The van der Waals surface area contributed by atoms with Crippen molar-refractivity contribution in [3.05, 3.63) is 18.2 Å². The van der Waals surface area contributed by atoms with Crippen LogP contribution in [0.5, 0.6) is 5.75 Å². The fourth-order valence-electron chi connectivity index (χ4n) is 3.13. The van der Waals surface area contributed by atoms with Gasteiger partial charge in [-0.05, 0) is 45.7 Å². The third-order valence-corrected chi connectivity index (χ3v) is 4.31. The van der Waals surface area contributed by atoms with Crippen molar-refractivity contribution in [3.8, 4) is 5.75 Å². The molecule has 0 saturated heterocycles. The van der Waals surface area contributed by atoms with Gasteiger partial charge in [-0.2, -0.15) is 0 Å². The summed E-state index contributed by atoms with van der Waals surface area (Å²) in [7, 11) is 1.61. The lowest BCUT2D eigenvalue weighted by Gasteiger charge is -2.23. The number of amides is 1. The van der Waals surface area contributed by atoms with E-state index in [1.165, 1.54) is 44.9 Å². The molecular formula is C20H32N2O3. The smallest absolute Gasteiger partial charge is 0.412 e. The van der Waals surface area contributed by atoms with Gasteiger partial charge in [0, 0.05) is 17.8 Å². The fourth-order valence-corrected chi connectivity index (χ4v) is 3.13. The minimum Gasteiger partial charge on any atom is -0.494 e. The molecule has 0 radical (unpaired) electrons. The Morgan fingerprint density at radius 1 is 1.08 bits per heavy atom. The molecule has 0 spiro atoms. The van der Waals surface area contributed by atoms with Gasteiger partial charge in [0.25, 0.3) is 0 Å². The van der Waals surface area contributed by atoms with E-state index < -0.39 is 11.7 Å². The van der Waals surface area contributed by atoms with Gasteiger partial charge in [-0.3, -0.25) is 5.32 Å². The second-order valence-corrected chi connectivity index (χ2v) is 7.73. The van der Waals surface area contributed by atoms with E-state index in [0.29, 0.717) is 17.5 Å². The predicted molar refractivity (Wildman–Crippen MR) is 103 cm³/mol. The van der Waals surface area contributed by atoms with Crippen LogP contribution in [0.15, 0.2) is 18.2 Å². The van der Waals surface area contributed by atoms with Crippen LogP contribution in [0.3, 0.4) is 0 Å². The van der Waals surface area contributed by atoms with Crippen LogP contribution in [0.1, 0.15) is 65.7 Å². The number of carbonyl (C=O) groups is 1. The summed E-state index contributed by atoms with van der Waals surface area (Å²) in [5.41, 5.74) is 1.11. The van der Waals surface area contributed by atoms with Gasteiger partial charge in [0.05, 0.1) is 12.8 Å². The van der Waals surface area contributed by atoms with Crippen molar-refractivity contribution in [1.82, 2.24) is 0 Å². The molecular weight excluding hydrogens is 316 g/mol. The predicted octanol–water partition coefficient (Wildman–Crippen LogP) is 5.57. The molecule has 2 rings (SSSR count). The van der Waals surface area contributed by atoms with Crippen molar-refractivity contribution in [1.29, 1.82) is 0 Å². The summed E-state index contributed by atoms with van der Waals surface area (Å²) in [6.45, 7) is 5.52. The molecule has 0 unspecified atom stereocenters. The van der Waals surface area contributed by atoms with Crippen molar-refractivity contribution in [3.63, 3.8) is 0 Å². The first-order chi connectivity index (χ1) is 11.9. The summed E-state index contributed by atoms with van der Waals surface area (Å²) in [4.78, 5) is 12.0. The average Bonchev–Trinajstić information content (AvgIpc) is 2.49. The van der Waals surface area contributed by atoms with E-state index in [-0.39, 0.29) is 0 Å². The number of rotatable bonds is 4. The molecule has 5 heteroatoms. The number of anilines is 2. The number of hydrogen-bond donors (Lipinski definition) is 2. The van der Waals surface area contributed by atoms with Crippen LogP contribution >= 0.6 is 0 Å². The highest BCUT2D eigenvalue weighted by Crippen LogP contribution is 2.30. The summed E-state index contributed by atoms with van der Waals surface area (Å²) >= 11 is 0. The number of carbonyl (C=O) groups excluding carboxylic acids is 1. The molecule has 1 aromatic rings. The first-order valence-corrected chi connectivity index (χ1v) is 9.32. The van der Waals surface area contributed by atoms with E-state index in [9.17, 15) is 4.79 Å². The highest BCUT2D eigenvalue weighted by atomic mass is 16.6. The van der Waals surface area contributed by atoms with Gasteiger partial charge >= 0.3 is 6.09 Å². The Labute approximate surface area is 151 Å². The molecule has 0 heterocycles. The Hall–Kier alpha value is -1.91.